The van der Waals surface area contributed by atoms with Crippen LogP contribution in [0.5, 0.6) is 5.75 Å². The molecule has 4 aromatic rings. The summed E-state index contributed by atoms with van der Waals surface area (Å²) in [6, 6.07) is 32.0. The number of aromatic nitrogens is 1. The second kappa shape index (κ2) is 12.7. The fourth-order valence-corrected chi connectivity index (χ4v) is 3.45. The quantitative estimate of drug-likeness (QED) is 0.198. The smallest absolute Gasteiger partial charge is 0.257 e. The van der Waals surface area contributed by atoms with Crippen LogP contribution in [-0.4, -0.2) is 16.8 Å². The average Bonchev–Trinajstić information content (AvgIpc) is 2.94. The first-order chi connectivity index (χ1) is 17.7. The lowest BCUT2D eigenvalue weighted by molar-refractivity contribution is -0.123. The van der Waals surface area contributed by atoms with Gasteiger partial charge in [0.05, 0.1) is 5.69 Å². The predicted octanol–water partition coefficient (Wildman–Crippen LogP) is 4.68. The maximum Gasteiger partial charge on any atom is 0.257 e. The monoisotopic (exact) mass is 477 g/mol. The van der Waals surface area contributed by atoms with Crippen LogP contribution in [0.4, 0.5) is 0 Å². The topological polar surface area (TPSA) is 80.3 Å². The first-order valence-corrected chi connectivity index (χ1v) is 11.7. The van der Waals surface area contributed by atoms with Crippen LogP contribution in [0, 0.1) is 0 Å². The van der Waals surface area contributed by atoms with Gasteiger partial charge in [-0.15, -0.1) is 0 Å². The number of hydrogen-bond donors (Lipinski definition) is 2. The van der Waals surface area contributed by atoms with Crippen molar-refractivity contribution in [3.8, 4) is 5.75 Å². The molecule has 2 amide bonds. The van der Waals surface area contributed by atoms with Gasteiger partial charge in [-0.25, -0.2) is 0 Å². The summed E-state index contributed by atoms with van der Waals surface area (Å²) >= 11 is 0. The van der Waals surface area contributed by atoms with Crippen molar-refractivity contribution in [3.63, 3.8) is 0 Å². The van der Waals surface area contributed by atoms with E-state index in [1.807, 2.05) is 91.0 Å². The van der Waals surface area contributed by atoms with Gasteiger partial charge in [0.15, 0.2) is 0 Å². The van der Waals surface area contributed by atoms with E-state index in [0.29, 0.717) is 31.0 Å². The van der Waals surface area contributed by atoms with Crippen molar-refractivity contribution < 1.29 is 14.3 Å². The van der Waals surface area contributed by atoms with Crippen LogP contribution in [0.1, 0.15) is 22.4 Å². The Kier molecular flexibility index (Phi) is 8.59. The molecule has 0 aliphatic carbocycles. The van der Waals surface area contributed by atoms with E-state index in [-0.39, 0.29) is 5.57 Å². The Labute approximate surface area is 210 Å². The lowest BCUT2D eigenvalue weighted by Gasteiger charge is -2.11. The molecular formula is C30H27N3O3. The highest BCUT2D eigenvalue weighted by molar-refractivity contribution is 6.21. The fourth-order valence-electron chi connectivity index (χ4n) is 3.45. The van der Waals surface area contributed by atoms with Crippen LogP contribution in [0.3, 0.4) is 0 Å². The summed E-state index contributed by atoms with van der Waals surface area (Å²) < 4.78 is 5.78. The minimum absolute atomic E-state index is 0.0315. The predicted molar refractivity (Wildman–Crippen MR) is 140 cm³/mol. The minimum atomic E-state index is -0.445. The van der Waals surface area contributed by atoms with Gasteiger partial charge >= 0.3 is 0 Å². The molecule has 6 nitrogen and oxygen atoms in total. The Morgan fingerprint density at radius 3 is 1.78 bits per heavy atom. The summed E-state index contributed by atoms with van der Waals surface area (Å²) in [4.78, 5) is 30.3. The zero-order valence-corrected chi connectivity index (χ0v) is 19.8. The standard InChI is InChI=1S/C30H27N3O3/c34-29(32-20-24-9-3-1-4-10-24)28(30(35)33-21-25-11-5-2-6-12-25)19-23-14-16-27(17-15-23)36-22-26-13-7-8-18-31-26/h1-19H,20-22H2,(H,32,34)(H,33,35). The Balaban J connectivity index is 1.46. The summed E-state index contributed by atoms with van der Waals surface area (Å²) in [6.07, 6.45) is 3.31. The number of nitrogens with one attached hydrogen (secondary N) is 2. The van der Waals surface area contributed by atoms with Crippen molar-refractivity contribution in [2.45, 2.75) is 19.7 Å². The van der Waals surface area contributed by atoms with Gasteiger partial charge in [-0.1, -0.05) is 78.9 Å². The van der Waals surface area contributed by atoms with Crippen molar-refractivity contribution in [1.29, 1.82) is 0 Å². The molecule has 0 aliphatic rings. The number of carbonyl (C=O) groups excluding carboxylic acids is 2. The molecular weight excluding hydrogens is 450 g/mol. The number of ether oxygens (including phenoxy) is 1. The summed E-state index contributed by atoms with van der Waals surface area (Å²) in [5, 5.41) is 5.70. The maximum absolute atomic E-state index is 13.0. The highest BCUT2D eigenvalue weighted by Crippen LogP contribution is 2.16. The number of carbonyl (C=O) groups is 2. The van der Waals surface area contributed by atoms with Gasteiger partial charge in [-0.3, -0.25) is 14.6 Å². The molecule has 3 aromatic carbocycles. The van der Waals surface area contributed by atoms with Gasteiger partial charge in [-0.2, -0.15) is 0 Å². The van der Waals surface area contributed by atoms with E-state index in [0.717, 1.165) is 16.8 Å². The molecule has 0 fully saturated rings. The van der Waals surface area contributed by atoms with Gasteiger partial charge in [0.25, 0.3) is 11.8 Å². The molecule has 1 aromatic heterocycles. The lowest BCUT2D eigenvalue weighted by atomic mass is 10.1. The van der Waals surface area contributed by atoms with E-state index in [2.05, 4.69) is 15.6 Å². The highest BCUT2D eigenvalue weighted by Gasteiger charge is 2.18. The minimum Gasteiger partial charge on any atom is -0.487 e. The van der Waals surface area contributed by atoms with Crippen molar-refractivity contribution in [1.82, 2.24) is 15.6 Å². The molecule has 1 heterocycles. The van der Waals surface area contributed by atoms with Crippen LogP contribution in [0.15, 0.2) is 115 Å². The number of nitrogens with zero attached hydrogens (tertiary/aromatic N) is 1. The van der Waals surface area contributed by atoms with E-state index in [4.69, 9.17) is 4.74 Å². The molecule has 6 heteroatoms. The van der Waals surface area contributed by atoms with E-state index in [1.54, 1.807) is 24.4 Å². The summed E-state index contributed by atoms with van der Waals surface area (Å²) in [5.74, 6) is -0.221. The first-order valence-electron chi connectivity index (χ1n) is 11.7. The molecule has 0 saturated heterocycles. The van der Waals surface area contributed by atoms with Crippen molar-refractivity contribution in [3.05, 3.63) is 137 Å². The molecule has 0 unspecified atom stereocenters. The van der Waals surface area contributed by atoms with Crippen molar-refractivity contribution in [2.24, 2.45) is 0 Å². The van der Waals surface area contributed by atoms with Gasteiger partial charge in [0.2, 0.25) is 0 Å². The molecule has 36 heavy (non-hydrogen) atoms. The normalized spacial score (nSPS) is 10.2. The van der Waals surface area contributed by atoms with E-state index >= 15 is 0 Å². The third-order valence-corrected chi connectivity index (χ3v) is 5.39. The first kappa shape index (κ1) is 24.4. The summed E-state index contributed by atoms with van der Waals surface area (Å²) in [6.45, 7) is 0.998. The Morgan fingerprint density at radius 1 is 0.694 bits per heavy atom. The van der Waals surface area contributed by atoms with E-state index in [9.17, 15) is 9.59 Å². The van der Waals surface area contributed by atoms with Crippen molar-refractivity contribution in [2.75, 3.05) is 0 Å². The van der Waals surface area contributed by atoms with E-state index in [1.165, 1.54) is 0 Å². The molecule has 0 spiro atoms. The zero-order chi connectivity index (χ0) is 25.0. The average molecular weight is 478 g/mol. The molecule has 0 saturated carbocycles. The number of pyridine rings is 1. The second-order valence-corrected chi connectivity index (χ2v) is 8.07. The Morgan fingerprint density at radius 2 is 1.25 bits per heavy atom. The third-order valence-electron chi connectivity index (χ3n) is 5.39. The summed E-state index contributed by atoms with van der Waals surface area (Å²) in [5.41, 5.74) is 3.46. The summed E-state index contributed by atoms with van der Waals surface area (Å²) in [7, 11) is 0. The molecule has 180 valence electrons. The van der Waals surface area contributed by atoms with E-state index < -0.39 is 11.8 Å². The molecule has 0 atom stereocenters. The Bertz CT molecular complexity index is 1230. The second-order valence-electron chi connectivity index (χ2n) is 8.07. The largest absolute Gasteiger partial charge is 0.487 e. The molecule has 0 aliphatic heterocycles. The number of benzene rings is 3. The van der Waals surface area contributed by atoms with Gasteiger partial charge in [0, 0.05) is 19.3 Å². The maximum atomic E-state index is 13.0. The van der Waals surface area contributed by atoms with Crippen LogP contribution in [0.25, 0.3) is 6.08 Å². The fraction of sp³-hybridized carbons (Fsp3) is 0.100. The molecule has 2 N–H and O–H groups in total. The number of amides is 2. The van der Waals surface area contributed by atoms with Crippen LogP contribution >= 0.6 is 0 Å². The lowest BCUT2D eigenvalue weighted by Crippen LogP contribution is -2.34. The van der Waals surface area contributed by atoms with Crippen LogP contribution in [0.2, 0.25) is 0 Å². The van der Waals surface area contributed by atoms with Crippen molar-refractivity contribution >= 4 is 17.9 Å². The third kappa shape index (κ3) is 7.40. The van der Waals surface area contributed by atoms with Gasteiger partial charge < -0.3 is 15.4 Å². The highest BCUT2D eigenvalue weighted by atomic mass is 16.5. The molecule has 0 radical (unpaired) electrons. The SMILES string of the molecule is O=C(NCc1ccccc1)C(=Cc1ccc(OCc2ccccn2)cc1)C(=O)NCc1ccccc1. The van der Waals surface area contributed by atoms with Crippen LogP contribution < -0.4 is 15.4 Å². The molecule has 0 bridgehead atoms. The Hall–Kier alpha value is -4.71. The van der Waals surface area contributed by atoms with Gasteiger partial charge in [-0.05, 0) is 47.0 Å². The van der Waals surface area contributed by atoms with Gasteiger partial charge in [0.1, 0.15) is 17.9 Å². The van der Waals surface area contributed by atoms with Crippen LogP contribution in [-0.2, 0) is 29.3 Å². The molecule has 4 rings (SSSR count). The number of hydrogen-bond acceptors (Lipinski definition) is 4. The zero-order valence-electron chi connectivity index (χ0n) is 19.8. The number of rotatable bonds is 10.